The van der Waals surface area contributed by atoms with E-state index in [0.717, 1.165) is 6.42 Å². The van der Waals surface area contributed by atoms with Crippen molar-refractivity contribution >= 4 is 23.1 Å². The van der Waals surface area contributed by atoms with Gasteiger partial charge >= 0.3 is 0 Å². The van der Waals surface area contributed by atoms with Gasteiger partial charge in [0.15, 0.2) is 0 Å². The van der Waals surface area contributed by atoms with Gasteiger partial charge in [-0.1, -0.05) is 13.0 Å². The van der Waals surface area contributed by atoms with Crippen molar-refractivity contribution in [2.24, 2.45) is 0 Å². The predicted molar refractivity (Wildman–Crippen MR) is 68.8 cm³/mol. The molecule has 1 aromatic rings. The minimum atomic E-state index is -0.163. The Bertz CT molecular complexity index is 270. The first kappa shape index (κ1) is 13.0. The Kier molecular flexibility index (Phi) is 5.12. The number of likely N-dealkylation sites (N-methyl/N-ethyl adjacent to an activating group) is 1. The van der Waals surface area contributed by atoms with Crippen LogP contribution in [-0.2, 0) is 0 Å². The zero-order valence-corrected chi connectivity index (χ0v) is 11.1. The van der Waals surface area contributed by atoms with E-state index in [0.29, 0.717) is 5.25 Å². The van der Waals surface area contributed by atoms with Gasteiger partial charge in [-0.15, -0.1) is 23.1 Å². The minimum absolute atomic E-state index is 0.163. The molecule has 0 amide bonds. The Hall–Kier alpha value is -0.0300. The van der Waals surface area contributed by atoms with Crippen LogP contribution in [-0.4, -0.2) is 29.5 Å². The second-order valence-corrected chi connectivity index (χ2v) is 6.72. The molecule has 2 N–H and O–H groups in total. The summed E-state index contributed by atoms with van der Waals surface area (Å²) in [4.78, 5) is 0. The highest BCUT2D eigenvalue weighted by Gasteiger charge is 2.24. The van der Waals surface area contributed by atoms with E-state index in [2.05, 4.69) is 36.7 Å². The lowest BCUT2D eigenvalue weighted by Crippen LogP contribution is -2.45. The Morgan fingerprint density at radius 1 is 1.67 bits per heavy atom. The molecule has 0 aliphatic rings. The number of nitrogens with one attached hydrogen (secondary N) is 1. The van der Waals surface area contributed by atoms with Crippen LogP contribution in [0, 0.1) is 0 Å². The Morgan fingerprint density at radius 2 is 2.40 bits per heavy atom. The molecular formula is C11H19NOS2. The number of thiophene rings is 1. The highest BCUT2D eigenvalue weighted by molar-refractivity contribution is 8.01. The molecule has 1 rings (SSSR count). The van der Waals surface area contributed by atoms with Crippen LogP contribution < -0.4 is 5.32 Å². The molecule has 0 aliphatic carbocycles. The van der Waals surface area contributed by atoms with Gasteiger partial charge in [-0.3, -0.25) is 0 Å². The summed E-state index contributed by atoms with van der Waals surface area (Å²) in [6, 6.07) is 4.21. The van der Waals surface area contributed by atoms with Crippen molar-refractivity contribution < 1.29 is 5.11 Å². The van der Waals surface area contributed by atoms with E-state index in [1.54, 1.807) is 11.3 Å². The first-order valence-electron chi connectivity index (χ1n) is 5.09. The second-order valence-electron chi connectivity index (χ2n) is 4.03. The van der Waals surface area contributed by atoms with Gasteiger partial charge in [0, 0.05) is 10.8 Å². The van der Waals surface area contributed by atoms with E-state index in [1.165, 1.54) is 4.21 Å². The lowest BCUT2D eigenvalue weighted by Gasteiger charge is -2.29. The molecule has 2 nitrogen and oxygen atoms in total. The molecule has 0 spiro atoms. The molecule has 0 saturated carbocycles. The lowest BCUT2D eigenvalue weighted by atomic mass is 9.98. The fraction of sp³-hybridized carbons (Fsp3) is 0.636. The van der Waals surface area contributed by atoms with Gasteiger partial charge in [0.1, 0.15) is 0 Å². The molecule has 2 atom stereocenters. The maximum absolute atomic E-state index is 9.29. The molecule has 1 aromatic heterocycles. The number of rotatable bonds is 6. The van der Waals surface area contributed by atoms with Crippen molar-refractivity contribution in [3.05, 3.63) is 17.5 Å². The third-order valence-corrected chi connectivity index (χ3v) is 4.68. The highest BCUT2D eigenvalue weighted by atomic mass is 32.2. The third-order valence-electron chi connectivity index (χ3n) is 2.50. The van der Waals surface area contributed by atoms with Crippen molar-refractivity contribution in [2.45, 2.75) is 35.3 Å². The van der Waals surface area contributed by atoms with Crippen molar-refractivity contribution in [3.63, 3.8) is 0 Å². The standard InChI is InChI=1S/C11H19NOS2/c1-9(7-11(2,8-13)12-3)15-10-5-4-6-14-10/h4-6,9,12-13H,7-8H2,1-3H3. The lowest BCUT2D eigenvalue weighted by molar-refractivity contribution is 0.174. The summed E-state index contributed by atoms with van der Waals surface area (Å²) in [6.45, 7) is 4.44. The quantitative estimate of drug-likeness (QED) is 0.756. The molecule has 0 aromatic carbocycles. The number of aliphatic hydroxyl groups excluding tert-OH is 1. The monoisotopic (exact) mass is 245 g/mol. The fourth-order valence-corrected chi connectivity index (χ4v) is 3.79. The Labute approximate surface area is 100 Å². The van der Waals surface area contributed by atoms with Gasteiger partial charge < -0.3 is 10.4 Å². The first-order valence-corrected chi connectivity index (χ1v) is 6.85. The van der Waals surface area contributed by atoms with Crippen LogP contribution in [0.2, 0.25) is 0 Å². The molecule has 2 unspecified atom stereocenters. The van der Waals surface area contributed by atoms with Crippen LogP contribution in [0.25, 0.3) is 0 Å². The SMILES string of the molecule is CNC(C)(CO)CC(C)Sc1cccs1. The molecule has 0 fully saturated rings. The second kappa shape index (κ2) is 5.89. The molecule has 0 bridgehead atoms. The van der Waals surface area contributed by atoms with Crippen LogP contribution in [0.5, 0.6) is 0 Å². The molecule has 1 heterocycles. The van der Waals surface area contributed by atoms with Crippen molar-refractivity contribution in [3.8, 4) is 0 Å². The maximum Gasteiger partial charge on any atom is 0.0610 e. The number of hydrogen-bond acceptors (Lipinski definition) is 4. The van der Waals surface area contributed by atoms with Crippen LogP contribution >= 0.6 is 23.1 Å². The van der Waals surface area contributed by atoms with E-state index in [-0.39, 0.29) is 12.1 Å². The Balaban J connectivity index is 2.44. The van der Waals surface area contributed by atoms with Crippen LogP contribution in [0.1, 0.15) is 20.3 Å². The molecule has 15 heavy (non-hydrogen) atoms. The van der Waals surface area contributed by atoms with E-state index < -0.39 is 0 Å². The zero-order valence-electron chi connectivity index (χ0n) is 9.49. The van der Waals surface area contributed by atoms with Gasteiger partial charge in [-0.05, 0) is 31.8 Å². The summed E-state index contributed by atoms with van der Waals surface area (Å²) in [5, 5.41) is 15.1. The minimum Gasteiger partial charge on any atom is -0.394 e. The third kappa shape index (κ3) is 4.15. The van der Waals surface area contributed by atoms with Crippen LogP contribution in [0.15, 0.2) is 21.7 Å². The van der Waals surface area contributed by atoms with Gasteiger partial charge in [0.2, 0.25) is 0 Å². The van der Waals surface area contributed by atoms with Gasteiger partial charge in [-0.25, -0.2) is 0 Å². The zero-order chi connectivity index (χ0) is 11.3. The van der Waals surface area contributed by atoms with Crippen molar-refractivity contribution in [1.29, 1.82) is 0 Å². The fourth-order valence-electron chi connectivity index (χ4n) is 1.45. The Morgan fingerprint density at radius 3 is 2.87 bits per heavy atom. The van der Waals surface area contributed by atoms with Crippen molar-refractivity contribution in [1.82, 2.24) is 5.32 Å². The van der Waals surface area contributed by atoms with Gasteiger partial charge in [-0.2, -0.15) is 0 Å². The van der Waals surface area contributed by atoms with Crippen LogP contribution in [0.4, 0.5) is 0 Å². The summed E-state index contributed by atoms with van der Waals surface area (Å²) in [6.07, 6.45) is 0.961. The van der Waals surface area contributed by atoms with Crippen molar-refractivity contribution in [2.75, 3.05) is 13.7 Å². The maximum atomic E-state index is 9.29. The topological polar surface area (TPSA) is 32.3 Å². The summed E-state index contributed by atoms with van der Waals surface area (Å²) >= 11 is 3.65. The molecule has 86 valence electrons. The molecule has 4 heteroatoms. The molecule has 0 aliphatic heterocycles. The van der Waals surface area contributed by atoms with E-state index in [9.17, 15) is 5.11 Å². The molecule has 0 saturated heterocycles. The average molecular weight is 245 g/mol. The summed E-state index contributed by atoms with van der Waals surface area (Å²) in [7, 11) is 1.90. The highest BCUT2D eigenvalue weighted by Crippen LogP contribution is 2.31. The normalized spacial score (nSPS) is 17.3. The molecule has 0 radical (unpaired) electrons. The van der Waals surface area contributed by atoms with E-state index in [1.807, 2.05) is 18.8 Å². The van der Waals surface area contributed by atoms with Crippen LogP contribution in [0.3, 0.4) is 0 Å². The van der Waals surface area contributed by atoms with E-state index >= 15 is 0 Å². The number of thioether (sulfide) groups is 1. The average Bonchev–Trinajstić information content (AvgIpc) is 2.70. The van der Waals surface area contributed by atoms with Gasteiger partial charge in [0.25, 0.3) is 0 Å². The number of aliphatic hydroxyl groups is 1. The predicted octanol–water partition coefficient (Wildman–Crippen LogP) is 2.59. The first-order chi connectivity index (χ1) is 7.09. The summed E-state index contributed by atoms with van der Waals surface area (Å²) in [5.74, 6) is 0. The summed E-state index contributed by atoms with van der Waals surface area (Å²) < 4.78 is 1.35. The largest absolute Gasteiger partial charge is 0.394 e. The summed E-state index contributed by atoms with van der Waals surface area (Å²) in [5.41, 5.74) is -0.163. The molecular weight excluding hydrogens is 226 g/mol. The van der Waals surface area contributed by atoms with E-state index in [4.69, 9.17) is 0 Å². The smallest absolute Gasteiger partial charge is 0.0610 e. The number of hydrogen-bond donors (Lipinski definition) is 2. The van der Waals surface area contributed by atoms with Gasteiger partial charge in [0.05, 0.1) is 10.8 Å².